The molecule has 0 N–H and O–H groups in total. The molecule has 0 unspecified atom stereocenters. The summed E-state index contributed by atoms with van der Waals surface area (Å²) >= 11 is 0. The molecule has 150 valence electrons. The third-order valence-corrected chi connectivity index (χ3v) is 3.71. The van der Waals surface area contributed by atoms with Gasteiger partial charge in [-0.05, 0) is 29.2 Å². The van der Waals surface area contributed by atoms with Crippen molar-refractivity contribution in [3.63, 3.8) is 0 Å². The SMILES string of the molecule is CN(C(=O)O[C@@H]1COc2nc([N+](=O)[O-])cn2C1)c1ccc(OC(F)(F)F)cc1. The van der Waals surface area contributed by atoms with Crippen LogP contribution in [0.4, 0.5) is 29.5 Å². The quantitative estimate of drug-likeness (QED) is 0.571. The lowest BCUT2D eigenvalue weighted by atomic mass is 10.3. The highest BCUT2D eigenvalue weighted by atomic mass is 19.4. The molecule has 0 saturated carbocycles. The molecule has 1 atom stereocenters. The fourth-order valence-corrected chi connectivity index (χ4v) is 2.43. The van der Waals surface area contributed by atoms with Crippen LogP contribution >= 0.6 is 0 Å². The molecule has 1 aliphatic rings. The predicted molar refractivity (Wildman–Crippen MR) is 86.2 cm³/mol. The second kappa shape index (κ2) is 7.25. The average Bonchev–Trinajstić information content (AvgIpc) is 3.04. The lowest BCUT2D eigenvalue weighted by molar-refractivity contribution is -0.389. The third-order valence-electron chi connectivity index (χ3n) is 3.71. The fourth-order valence-electron chi connectivity index (χ4n) is 2.43. The molecule has 2 heterocycles. The van der Waals surface area contributed by atoms with Crippen molar-refractivity contribution in [2.24, 2.45) is 0 Å². The molecule has 1 aromatic carbocycles. The normalized spacial score (nSPS) is 15.9. The Morgan fingerprint density at radius 1 is 1.39 bits per heavy atom. The summed E-state index contributed by atoms with van der Waals surface area (Å²) in [4.78, 5) is 27.1. The van der Waals surface area contributed by atoms with Gasteiger partial charge < -0.3 is 24.3 Å². The number of carbonyl (C=O) groups excluding carboxylic acids is 1. The first-order valence-corrected chi connectivity index (χ1v) is 7.77. The Labute approximate surface area is 155 Å². The summed E-state index contributed by atoms with van der Waals surface area (Å²) in [5, 5.41) is 10.7. The Kier molecular flexibility index (Phi) is 4.98. The van der Waals surface area contributed by atoms with Crippen molar-refractivity contribution in [3.8, 4) is 11.8 Å². The molecule has 2 aromatic rings. The van der Waals surface area contributed by atoms with E-state index in [-0.39, 0.29) is 30.7 Å². The van der Waals surface area contributed by atoms with Crippen molar-refractivity contribution in [2.75, 3.05) is 18.6 Å². The lowest BCUT2D eigenvalue weighted by Gasteiger charge is -2.25. The number of fused-ring (bicyclic) bond motifs is 1. The highest BCUT2D eigenvalue weighted by molar-refractivity contribution is 5.87. The first-order valence-electron chi connectivity index (χ1n) is 7.77. The number of hydrogen-bond donors (Lipinski definition) is 0. The zero-order chi connectivity index (χ0) is 20.5. The van der Waals surface area contributed by atoms with Crippen LogP contribution in [0.3, 0.4) is 0 Å². The van der Waals surface area contributed by atoms with Crippen LogP contribution in [0.15, 0.2) is 30.5 Å². The Hall–Kier alpha value is -3.51. The van der Waals surface area contributed by atoms with Crippen molar-refractivity contribution in [2.45, 2.75) is 19.0 Å². The Bertz CT molecular complexity index is 883. The maximum atomic E-state index is 12.3. The van der Waals surface area contributed by atoms with Gasteiger partial charge in [-0.1, -0.05) is 0 Å². The number of carbonyl (C=O) groups is 1. The van der Waals surface area contributed by atoms with Gasteiger partial charge in [-0.2, -0.15) is 0 Å². The number of imidazole rings is 1. The Morgan fingerprint density at radius 2 is 2.07 bits per heavy atom. The van der Waals surface area contributed by atoms with Crippen LogP contribution in [-0.4, -0.2) is 46.7 Å². The van der Waals surface area contributed by atoms with Gasteiger partial charge in [-0.15, -0.1) is 13.2 Å². The van der Waals surface area contributed by atoms with E-state index in [0.717, 1.165) is 17.0 Å². The van der Waals surface area contributed by atoms with E-state index in [9.17, 15) is 28.1 Å². The van der Waals surface area contributed by atoms with E-state index in [4.69, 9.17) is 9.47 Å². The van der Waals surface area contributed by atoms with E-state index in [2.05, 4.69) is 9.72 Å². The number of halogens is 3. The average molecular weight is 402 g/mol. The smallest absolute Gasteiger partial charge is 0.442 e. The monoisotopic (exact) mass is 402 g/mol. The molecule has 10 nitrogen and oxygen atoms in total. The molecule has 0 spiro atoms. The molecular formula is C15H13F3N4O6. The summed E-state index contributed by atoms with van der Waals surface area (Å²) in [6.45, 7) is 0.0558. The van der Waals surface area contributed by atoms with Gasteiger partial charge in [-0.3, -0.25) is 9.47 Å². The fraction of sp³-hybridized carbons (Fsp3) is 0.333. The minimum absolute atomic E-state index is 0.0487. The van der Waals surface area contributed by atoms with E-state index in [1.807, 2.05) is 0 Å². The van der Waals surface area contributed by atoms with Crippen molar-refractivity contribution in [3.05, 3.63) is 40.6 Å². The lowest BCUT2D eigenvalue weighted by Crippen LogP contribution is -2.38. The zero-order valence-electron chi connectivity index (χ0n) is 14.3. The molecule has 1 aromatic heterocycles. The summed E-state index contributed by atoms with van der Waals surface area (Å²) in [6, 6.07) is 4.70. The van der Waals surface area contributed by atoms with Crippen LogP contribution in [0, 0.1) is 10.1 Å². The van der Waals surface area contributed by atoms with Crippen molar-refractivity contribution in [1.29, 1.82) is 0 Å². The van der Waals surface area contributed by atoms with Crippen molar-refractivity contribution < 1.29 is 37.1 Å². The molecule has 0 fully saturated rings. The first kappa shape index (κ1) is 19.3. The summed E-state index contributed by atoms with van der Waals surface area (Å²) in [7, 11) is 1.37. The molecule has 28 heavy (non-hydrogen) atoms. The summed E-state index contributed by atoms with van der Waals surface area (Å²) in [6.07, 6.45) is -5.16. The molecule has 1 aliphatic heterocycles. The topological polar surface area (TPSA) is 109 Å². The number of ether oxygens (including phenoxy) is 3. The number of nitro groups is 1. The number of rotatable bonds is 4. The number of alkyl halides is 3. The number of aromatic nitrogens is 2. The number of anilines is 1. The highest BCUT2D eigenvalue weighted by Gasteiger charge is 2.32. The van der Waals surface area contributed by atoms with Gasteiger partial charge in [0, 0.05) is 17.7 Å². The zero-order valence-corrected chi connectivity index (χ0v) is 14.3. The van der Waals surface area contributed by atoms with Crippen LogP contribution in [0.25, 0.3) is 0 Å². The van der Waals surface area contributed by atoms with Crippen LogP contribution in [0.2, 0.25) is 0 Å². The molecule has 0 aliphatic carbocycles. The molecule has 0 saturated heterocycles. The molecule has 0 radical (unpaired) electrons. The molecule has 0 bridgehead atoms. The van der Waals surface area contributed by atoms with Gasteiger partial charge in [0.15, 0.2) is 6.10 Å². The number of benzene rings is 1. The van der Waals surface area contributed by atoms with E-state index in [1.54, 1.807) is 0 Å². The van der Waals surface area contributed by atoms with Crippen LogP contribution in [0.5, 0.6) is 11.8 Å². The van der Waals surface area contributed by atoms with Gasteiger partial charge in [0.05, 0.1) is 6.54 Å². The van der Waals surface area contributed by atoms with Crippen LogP contribution in [-0.2, 0) is 11.3 Å². The second-order valence-corrected chi connectivity index (χ2v) is 5.71. The van der Waals surface area contributed by atoms with E-state index < -0.39 is 29.2 Å². The molecule has 3 rings (SSSR count). The third kappa shape index (κ3) is 4.42. The molecular weight excluding hydrogens is 389 g/mol. The summed E-state index contributed by atoms with van der Waals surface area (Å²) in [5.41, 5.74) is 0.273. The minimum Gasteiger partial charge on any atom is -0.442 e. The maximum Gasteiger partial charge on any atom is 0.573 e. The van der Waals surface area contributed by atoms with Gasteiger partial charge in [0.1, 0.15) is 18.6 Å². The van der Waals surface area contributed by atoms with Crippen LogP contribution < -0.4 is 14.4 Å². The van der Waals surface area contributed by atoms with Crippen molar-refractivity contribution in [1.82, 2.24) is 9.55 Å². The van der Waals surface area contributed by atoms with Crippen LogP contribution in [0.1, 0.15) is 0 Å². The largest absolute Gasteiger partial charge is 0.573 e. The summed E-state index contributed by atoms with van der Waals surface area (Å²) < 4.78 is 52.2. The number of nitrogens with zero attached hydrogens (tertiary/aromatic N) is 4. The van der Waals surface area contributed by atoms with Crippen molar-refractivity contribution >= 4 is 17.6 Å². The number of hydrogen-bond acceptors (Lipinski definition) is 7. The van der Waals surface area contributed by atoms with E-state index >= 15 is 0 Å². The van der Waals surface area contributed by atoms with Gasteiger partial charge in [0.25, 0.3) is 0 Å². The minimum atomic E-state index is -4.81. The second-order valence-electron chi connectivity index (χ2n) is 5.71. The Balaban J connectivity index is 1.60. The van der Waals surface area contributed by atoms with Gasteiger partial charge >= 0.3 is 24.3 Å². The standard InChI is InChI=1S/C15H13F3N4O6/c1-20(9-2-4-10(5-3-9)28-15(16,17)18)14(23)27-11-6-21-7-12(22(24)25)19-13(21)26-8-11/h2-5,7,11H,6,8H2,1H3/t11-/m0/s1. The Morgan fingerprint density at radius 3 is 2.68 bits per heavy atom. The number of amides is 1. The highest BCUT2D eigenvalue weighted by Crippen LogP contribution is 2.26. The first-order chi connectivity index (χ1) is 13.1. The molecule has 13 heteroatoms. The van der Waals surface area contributed by atoms with E-state index in [1.165, 1.54) is 29.9 Å². The van der Waals surface area contributed by atoms with E-state index in [0.29, 0.717) is 0 Å². The predicted octanol–water partition coefficient (Wildman–Crippen LogP) is 2.72. The van der Waals surface area contributed by atoms with Gasteiger partial charge in [0.2, 0.25) is 0 Å². The molecule has 1 amide bonds. The maximum absolute atomic E-state index is 12.3. The summed E-state index contributed by atoms with van der Waals surface area (Å²) in [5.74, 6) is -0.812. The van der Waals surface area contributed by atoms with Gasteiger partial charge in [-0.25, -0.2) is 4.79 Å².